The van der Waals surface area contributed by atoms with Crippen LogP contribution in [0.4, 0.5) is 11.5 Å². The van der Waals surface area contributed by atoms with Crippen LogP contribution >= 0.6 is 11.6 Å². The van der Waals surface area contributed by atoms with E-state index in [2.05, 4.69) is 10.3 Å². The molecule has 28 heavy (non-hydrogen) atoms. The molecule has 0 saturated carbocycles. The van der Waals surface area contributed by atoms with Gasteiger partial charge in [-0.1, -0.05) is 17.7 Å². The van der Waals surface area contributed by atoms with Gasteiger partial charge in [-0.25, -0.2) is 4.98 Å². The lowest BCUT2D eigenvalue weighted by atomic mass is 10.1. The van der Waals surface area contributed by atoms with Gasteiger partial charge in [0.25, 0.3) is 5.91 Å². The molecule has 0 spiro atoms. The van der Waals surface area contributed by atoms with Gasteiger partial charge in [-0.2, -0.15) is 0 Å². The largest absolute Gasteiger partial charge is 0.381 e. The molecular formula is C21H23ClN4O2. The van der Waals surface area contributed by atoms with Crippen molar-refractivity contribution in [2.75, 3.05) is 25.5 Å². The molecular weight excluding hydrogens is 376 g/mol. The van der Waals surface area contributed by atoms with Crippen LogP contribution in [0.15, 0.2) is 42.7 Å². The summed E-state index contributed by atoms with van der Waals surface area (Å²) in [5.41, 5.74) is 2.35. The molecule has 3 aromatic rings. The predicted octanol–water partition coefficient (Wildman–Crippen LogP) is 4.22. The molecule has 1 aliphatic heterocycles. The number of aromatic nitrogens is 2. The Morgan fingerprint density at radius 2 is 2.07 bits per heavy atom. The molecule has 0 aliphatic carbocycles. The number of piperidine rings is 1. The third-order valence-corrected chi connectivity index (χ3v) is 5.52. The number of pyridine rings is 1. The van der Waals surface area contributed by atoms with Crippen molar-refractivity contribution in [1.82, 2.24) is 14.5 Å². The first-order valence-electron chi connectivity index (χ1n) is 9.35. The minimum atomic E-state index is 0.0168. The molecule has 1 aliphatic rings. The number of carbonyl (C=O) groups excluding carboxylic acids is 1. The fourth-order valence-corrected chi connectivity index (χ4v) is 3.93. The van der Waals surface area contributed by atoms with Crippen LogP contribution in [-0.2, 0) is 11.8 Å². The summed E-state index contributed by atoms with van der Waals surface area (Å²) in [5.74, 6) is 0.718. The van der Waals surface area contributed by atoms with Crippen LogP contribution in [-0.4, -0.2) is 46.7 Å². The lowest BCUT2D eigenvalue weighted by molar-refractivity contribution is 0.0351. The highest BCUT2D eigenvalue weighted by atomic mass is 35.5. The molecule has 1 N–H and O–H groups in total. The topological polar surface area (TPSA) is 59.4 Å². The Bertz CT molecular complexity index is 1010. The maximum absolute atomic E-state index is 13.2. The zero-order valence-electron chi connectivity index (χ0n) is 16.0. The van der Waals surface area contributed by atoms with Crippen LogP contribution in [0.25, 0.3) is 10.9 Å². The van der Waals surface area contributed by atoms with Gasteiger partial charge in [0.15, 0.2) is 0 Å². The third-order valence-electron chi connectivity index (χ3n) is 5.29. The monoisotopic (exact) mass is 398 g/mol. The summed E-state index contributed by atoms with van der Waals surface area (Å²) in [5, 5.41) is 4.87. The van der Waals surface area contributed by atoms with Gasteiger partial charge >= 0.3 is 0 Å². The van der Waals surface area contributed by atoms with Crippen molar-refractivity contribution in [3.8, 4) is 0 Å². The van der Waals surface area contributed by atoms with Gasteiger partial charge in [0.2, 0.25) is 0 Å². The number of methoxy groups -OCH3 is 1. The number of hydrogen-bond acceptors (Lipinski definition) is 4. The first-order valence-corrected chi connectivity index (χ1v) is 9.73. The van der Waals surface area contributed by atoms with E-state index >= 15 is 0 Å². The number of likely N-dealkylation sites (tertiary alicyclic amines) is 1. The van der Waals surface area contributed by atoms with E-state index in [-0.39, 0.29) is 12.0 Å². The van der Waals surface area contributed by atoms with Gasteiger partial charge < -0.3 is 19.5 Å². The smallest absolute Gasteiger partial charge is 0.257 e. The molecule has 4 rings (SSSR count). The first-order chi connectivity index (χ1) is 13.6. The number of halogens is 1. The lowest BCUT2D eigenvalue weighted by Crippen LogP contribution is -2.40. The third kappa shape index (κ3) is 3.57. The van der Waals surface area contributed by atoms with Gasteiger partial charge in [-0.05, 0) is 37.1 Å². The number of nitrogens with one attached hydrogen (secondary N) is 1. The molecule has 1 amide bonds. The molecule has 1 aromatic carbocycles. The second kappa shape index (κ2) is 7.81. The minimum Gasteiger partial charge on any atom is -0.381 e. The second-order valence-electron chi connectivity index (χ2n) is 7.07. The molecule has 0 unspecified atom stereocenters. The van der Waals surface area contributed by atoms with Gasteiger partial charge in [-0.15, -0.1) is 0 Å². The SMILES string of the molecule is COC1CCN(C(=O)c2cnc(Nc3cccc(Cl)c3)c3ccn(C)c23)CC1. The average molecular weight is 399 g/mol. The molecule has 6 nitrogen and oxygen atoms in total. The Labute approximate surface area is 169 Å². The summed E-state index contributed by atoms with van der Waals surface area (Å²) in [4.78, 5) is 19.6. The molecule has 0 radical (unpaired) electrons. The Morgan fingerprint density at radius 3 is 2.79 bits per heavy atom. The number of nitrogens with zero attached hydrogens (tertiary/aromatic N) is 3. The number of aryl methyl sites for hydroxylation is 1. The molecule has 1 fully saturated rings. The van der Waals surface area contributed by atoms with Crippen LogP contribution < -0.4 is 5.32 Å². The van der Waals surface area contributed by atoms with E-state index in [1.807, 2.05) is 53.0 Å². The number of rotatable bonds is 4. The van der Waals surface area contributed by atoms with E-state index < -0.39 is 0 Å². The summed E-state index contributed by atoms with van der Waals surface area (Å²) in [6, 6.07) is 9.46. The van der Waals surface area contributed by atoms with Crippen LogP contribution in [0.5, 0.6) is 0 Å². The van der Waals surface area contributed by atoms with E-state index in [1.165, 1.54) is 0 Å². The summed E-state index contributed by atoms with van der Waals surface area (Å²) >= 11 is 6.08. The molecule has 0 atom stereocenters. The quantitative estimate of drug-likeness (QED) is 0.714. The normalized spacial score (nSPS) is 15.2. The Hall–Kier alpha value is -2.57. The Morgan fingerprint density at radius 1 is 1.29 bits per heavy atom. The average Bonchev–Trinajstić information content (AvgIpc) is 3.10. The molecule has 146 valence electrons. The van der Waals surface area contributed by atoms with E-state index in [1.54, 1.807) is 13.3 Å². The van der Waals surface area contributed by atoms with Crippen LogP contribution in [0.3, 0.4) is 0 Å². The molecule has 0 bridgehead atoms. The highest BCUT2D eigenvalue weighted by Crippen LogP contribution is 2.29. The summed E-state index contributed by atoms with van der Waals surface area (Å²) in [7, 11) is 3.67. The molecule has 1 saturated heterocycles. The number of amides is 1. The van der Waals surface area contributed by atoms with Gasteiger partial charge in [0, 0.05) is 55.7 Å². The van der Waals surface area contributed by atoms with Crippen molar-refractivity contribution in [1.29, 1.82) is 0 Å². The minimum absolute atomic E-state index is 0.0168. The van der Waals surface area contributed by atoms with Crippen molar-refractivity contribution in [3.05, 3.63) is 53.3 Å². The molecule has 3 heterocycles. The lowest BCUT2D eigenvalue weighted by Gasteiger charge is -2.31. The van der Waals surface area contributed by atoms with Gasteiger partial charge in [0.05, 0.1) is 17.2 Å². The van der Waals surface area contributed by atoms with Crippen molar-refractivity contribution in [2.24, 2.45) is 7.05 Å². The van der Waals surface area contributed by atoms with E-state index in [0.717, 1.165) is 29.4 Å². The van der Waals surface area contributed by atoms with E-state index in [4.69, 9.17) is 16.3 Å². The fourth-order valence-electron chi connectivity index (χ4n) is 3.74. The zero-order valence-corrected chi connectivity index (χ0v) is 16.7. The molecule has 2 aromatic heterocycles. The number of anilines is 2. The van der Waals surface area contributed by atoms with Gasteiger partial charge in [0.1, 0.15) is 5.82 Å². The zero-order chi connectivity index (χ0) is 19.7. The summed E-state index contributed by atoms with van der Waals surface area (Å²) < 4.78 is 7.38. The number of benzene rings is 1. The first kappa shape index (κ1) is 18.8. The van der Waals surface area contributed by atoms with E-state index in [9.17, 15) is 4.79 Å². The van der Waals surface area contributed by atoms with Crippen molar-refractivity contribution in [2.45, 2.75) is 18.9 Å². The Kier molecular flexibility index (Phi) is 5.24. The highest BCUT2D eigenvalue weighted by Gasteiger charge is 2.26. The standard InChI is InChI=1S/C21H23ClN4O2/c1-25-9-8-17-19(25)18(21(27)26-10-6-16(28-2)7-11-26)13-23-20(17)24-15-5-3-4-14(22)12-15/h3-5,8-9,12-13,16H,6-7,10-11H2,1-2H3,(H,23,24). The summed E-state index contributed by atoms with van der Waals surface area (Å²) in [6.07, 6.45) is 5.57. The van der Waals surface area contributed by atoms with E-state index in [0.29, 0.717) is 29.5 Å². The number of carbonyl (C=O) groups is 1. The van der Waals surface area contributed by atoms with Crippen molar-refractivity contribution < 1.29 is 9.53 Å². The second-order valence-corrected chi connectivity index (χ2v) is 7.51. The highest BCUT2D eigenvalue weighted by molar-refractivity contribution is 6.30. The molecule has 7 heteroatoms. The van der Waals surface area contributed by atoms with Crippen molar-refractivity contribution >= 4 is 39.9 Å². The van der Waals surface area contributed by atoms with Crippen LogP contribution in [0, 0.1) is 0 Å². The van der Waals surface area contributed by atoms with Gasteiger partial charge in [-0.3, -0.25) is 4.79 Å². The van der Waals surface area contributed by atoms with Crippen molar-refractivity contribution in [3.63, 3.8) is 0 Å². The number of fused-ring (bicyclic) bond motifs is 1. The predicted molar refractivity (Wildman–Crippen MR) is 111 cm³/mol. The number of hydrogen-bond donors (Lipinski definition) is 1. The maximum Gasteiger partial charge on any atom is 0.257 e. The Balaban J connectivity index is 1.66. The fraction of sp³-hybridized carbons (Fsp3) is 0.333. The van der Waals surface area contributed by atoms with Crippen LogP contribution in [0.2, 0.25) is 5.02 Å². The summed E-state index contributed by atoms with van der Waals surface area (Å²) in [6.45, 7) is 1.40. The van der Waals surface area contributed by atoms with Crippen LogP contribution in [0.1, 0.15) is 23.2 Å². The number of ether oxygens (including phenoxy) is 1. The maximum atomic E-state index is 13.2.